The van der Waals surface area contributed by atoms with Crippen molar-refractivity contribution in [1.82, 2.24) is 10.6 Å². The van der Waals surface area contributed by atoms with Crippen molar-refractivity contribution < 1.29 is 9.59 Å². The van der Waals surface area contributed by atoms with E-state index in [2.05, 4.69) is 26.6 Å². The van der Waals surface area contributed by atoms with Crippen LogP contribution < -0.4 is 10.6 Å². The Kier molecular flexibility index (Phi) is 6.76. The molecule has 4 nitrogen and oxygen atoms in total. The highest BCUT2D eigenvalue weighted by Crippen LogP contribution is 2.19. The molecule has 2 N–H and O–H groups in total. The third-order valence-corrected chi connectivity index (χ3v) is 4.72. The number of nitrogens with one attached hydrogen (secondary N) is 2. The molecular formula is C20H23BrN2O2. The molecule has 2 aromatic carbocycles. The fourth-order valence-corrected chi connectivity index (χ4v) is 2.77. The maximum atomic E-state index is 12.2. The minimum Gasteiger partial charge on any atom is -0.348 e. The first-order valence-electron chi connectivity index (χ1n) is 8.31. The maximum Gasteiger partial charge on any atom is 0.251 e. The Morgan fingerprint density at radius 2 is 1.72 bits per heavy atom. The van der Waals surface area contributed by atoms with Crippen LogP contribution in [-0.2, 0) is 4.79 Å². The van der Waals surface area contributed by atoms with Crippen LogP contribution in [0, 0.1) is 13.8 Å². The second-order valence-corrected chi connectivity index (χ2v) is 6.98. The highest BCUT2D eigenvalue weighted by atomic mass is 79.9. The van der Waals surface area contributed by atoms with Crippen LogP contribution in [0.1, 0.15) is 46.4 Å². The first-order chi connectivity index (χ1) is 11.9. The van der Waals surface area contributed by atoms with Crippen LogP contribution in [0.15, 0.2) is 46.9 Å². The van der Waals surface area contributed by atoms with E-state index in [-0.39, 0.29) is 24.4 Å². The molecule has 2 aromatic rings. The number of carbonyl (C=O) groups is 2. The summed E-state index contributed by atoms with van der Waals surface area (Å²) in [6, 6.07) is 13.3. The number of rotatable bonds is 6. The van der Waals surface area contributed by atoms with Crippen molar-refractivity contribution in [3.05, 3.63) is 69.2 Å². The predicted octanol–water partition coefficient (Wildman–Crippen LogP) is 4.06. The standard InChI is InChI=1S/C20H23BrN2O2/c1-4-18(15-7-9-17(21)10-8-15)23-19(24)12-22-20(25)16-6-5-13(2)14(3)11-16/h5-11,18H,4,12H2,1-3H3,(H,22,25)(H,23,24). The van der Waals surface area contributed by atoms with E-state index in [9.17, 15) is 9.59 Å². The molecule has 0 aromatic heterocycles. The molecule has 132 valence electrons. The molecule has 2 rings (SSSR count). The Morgan fingerprint density at radius 1 is 1.04 bits per heavy atom. The zero-order chi connectivity index (χ0) is 18.4. The molecule has 0 spiro atoms. The van der Waals surface area contributed by atoms with E-state index < -0.39 is 0 Å². The molecule has 5 heteroatoms. The number of hydrogen-bond donors (Lipinski definition) is 2. The van der Waals surface area contributed by atoms with Gasteiger partial charge in [-0.25, -0.2) is 0 Å². The summed E-state index contributed by atoms with van der Waals surface area (Å²) in [6.45, 7) is 5.93. The van der Waals surface area contributed by atoms with E-state index in [4.69, 9.17) is 0 Å². The van der Waals surface area contributed by atoms with E-state index in [1.165, 1.54) is 0 Å². The number of hydrogen-bond acceptors (Lipinski definition) is 2. The van der Waals surface area contributed by atoms with Crippen molar-refractivity contribution >= 4 is 27.7 Å². The van der Waals surface area contributed by atoms with E-state index in [0.717, 1.165) is 27.6 Å². The number of aryl methyl sites for hydroxylation is 2. The zero-order valence-corrected chi connectivity index (χ0v) is 16.3. The third kappa shape index (κ3) is 5.43. The molecule has 1 unspecified atom stereocenters. The van der Waals surface area contributed by atoms with Crippen LogP contribution in [0.3, 0.4) is 0 Å². The van der Waals surface area contributed by atoms with Crippen molar-refractivity contribution in [2.75, 3.05) is 6.54 Å². The lowest BCUT2D eigenvalue weighted by molar-refractivity contribution is -0.120. The van der Waals surface area contributed by atoms with Crippen molar-refractivity contribution in [1.29, 1.82) is 0 Å². The second kappa shape index (κ2) is 8.81. The topological polar surface area (TPSA) is 58.2 Å². The minimum atomic E-state index is -0.241. The average molecular weight is 403 g/mol. The fourth-order valence-electron chi connectivity index (χ4n) is 2.51. The minimum absolute atomic E-state index is 0.0429. The summed E-state index contributed by atoms with van der Waals surface area (Å²) >= 11 is 3.40. The molecule has 2 amide bonds. The van der Waals surface area contributed by atoms with Gasteiger partial charge in [0, 0.05) is 10.0 Å². The molecule has 0 aliphatic heterocycles. The van der Waals surface area contributed by atoms with Crippen LogP contribution in [0.5, 0.6) is 0 Å². The summed E-state index contributed by atoms with van der Waals surface area (Å²) < 4.78 is 0.998. The van der Waals surface area contributed by atoms with Crippen LogP contribution in [0.4, 0.5) is 0 Å². The summed E-state index contributed by atoms with van der Waals surface area (Å²) in [5, 5.41) is 5.64. The van der Waals surface area contributed by atoms with Gasteiger partial charge < -0.3 is 10.6 Å². The SMILES string of the molecule is CCC(NC(=O)CNC(=O)c1ccc(C)c(C)c1)c1ccc(Br)cc1. The Morgan fingerprint density at radius 3 is 2.32 bits per heavy atom. The quantitative estimate of drug-likeness (QED) is 0.764. The first-order valence-corrected chi connectivity index (χ1v) is 9.10. The summed E-state index contributed by atoms with van der Waals surface area (Å²) in [4.78, 5) is 24.4. The molecule has 1 atom stereocenters. The Bertz CT molecular complexity index is 757. The van der Waals surface area contributed by atoms with E-state index >= 15 is 0 Å². The van der Waals surface area contributed by atoms with Gasteiger partial charge >= 0.3 is 0 Å². The zero-order valence-electron chi connectivity index (χ0n) is 14.7. The third-order valence-electron chi connectivity index (χ3n) is 4.19. The van der Waals surface area contributed by atoms with Crippen molar-refractivity contribution in [3.8, 4) is 0 Å². The van der Waals surface area contributed by atoms with Gasteiger partial charge in [0.15, 0.2) is 0 Å². The van der Waals surface area contributed by atoms with E-state index in [0.29, 0.717) is 5.56 Å². The molecule has 0 aliphatic carbocycles. The molecule has 0 saturated heterocycles. The predicted molar refractivity (Wildman–Crippen MR) is 104 cm³/mol. The maximum absolute atomic E-state index is 12.2. The van der Waals surface area contributed by atoms with Crippen LogP contribution in [-0.4, -0.2) is 18.4 Å². The normalized spacial score (nSPS) is 11.7. The van der Waals surface area contributed by atoms with Crippen LogP contribution in [0.2, 0.25) is 0 Å². The summed E-state index contributed by atoms with van der Waals surface area (Å²) in [5.74, 6) is -0.443. The van der Waals surface area contributed by atoms with E-state index in [1.807, 2.05) is 57.2 Å². The Hall–Kier alpha value is -2.14. The Labute approximate surface area is 157 Å². The molecule has 0 radical (unpaired) electrons. The lowest BCUT2D eigenvalue weighted by Crippen LogP contribution is -2.38. The van der Waals surface area contributed by atoms with Gasteiger partial charge in [0.25, 0.3) is 5.91 Å². The average Bonchev–Trinajstić information content (AvgIpc) is 2.60. The van der Waals surface area contributed by atoms with Gasteiger partial charge in [0.2, 0.25) is 5.91 Å². The molecule has 0 saturated carbocycles. The summed E-state index contributed by atoms with van der Waals surface area (Å²) in [5.41, 5.74) is 3.79. The monoisotopic (exact) mass is 402 g/mol. The molecular weight excluding hydrogens is 380 g/mol. The van der Waals surface area contributed by atoms with Crippen molar-refractivity contribution in [2.45, 2.75) is 33.2 Å². The summed E-state index contributed by atoms with van der Waals surface area (Å²) in [6.07, 6.45) is 0.776. The van der Waals surface area contributed by atoms with Crippen LogP contribution >= 0.6 is 15.9 Å². The molecule has 0 fully saturated rings. The number of amides is 2. The fraction of sp³-hybridized carbons (Fsp3) is 0.300. The molecule has 0 heterocycles. The molecule has 0 bridgehead atoms. The van der Waals surface area contributed by atoms with Gasteiger partial charge in [-0.05, 0) is 61.2 Å². The van der Waals surface area contributed by atoms with Crippen molar-refractivity contribution in [3.63, 3.8) is 0 Å². The number of halogens is 1. The largest absolute Gasteiger partial charge is 0.348 e. The molecule has 0 aliphatic rings. The van der Waals surface area contributed by atoms with Gasteiger partial charge in [-0.1, -0.05) is 41.1 Å². The Balaban J connectivity index is 1.91. The van der Waals surface area contributed by atoms with E-state index in [1.54, 1.807) is 6.07 Å². The van der Waals surface area contributed by atoms with Gasteiger partial charge in [0.1, 0.15) is 0 Å². The second-order valence-electron chi connectivity index (χ2n) is 6.06. The van der Waals surface area contributed by atoms with Crippen molar-refractivity contribution in [2.24, 2.45) is 0 Å². The molecule has 25 heavy (non-hydrogen) atoms. The highest BCUT2D eigenvalue weighted by Gasteiger charge is 2.14. The first kappa shape index (κ1) is 19.2. The number of carbonyl (C=O) groups excluding carboxylic acids is 2. The highest BCUT2D eigenvalue weighted by molar-refractivity contribution is 9.10. The van der Waals surface area contributed by atoms with Gasteiger partial charge in [-0.15, -0.1) is 0 Å². The van der Waals surface area contributed by atoms with Crippen LogP contribution in [0.25, 0.3) is 0 Å². The smallest absolute Gasteiger partial charge is 0.251 e. The lowest BCUT2D eigenvalue weighted by atomic mass is 10.0. The van der Waals surface area contributed by atoms with Gasteiger partial charge in [-0.3, -0.25) is 9.59 Å². The summed E-state index contributed by atoms with van der Waals surface area (Å²) in [7, 11) is 0. The van der Waals surface area contributed by atoms with Gasteiger partial charge in [-0.2, -0.15) is 0 Å². The lowest BCUT2D eigenvalue weighted by Gasteiger charge is -2.18. The van der Waals surface area contributed by atoms with Gasteiger partial charge in [0.05, 0.1) is 12.6 Å². The number of benzene rings is 2.